The fourth-order valence-corrected chi connectivity index (χ4v) is 5.31. The third kappa shape index (κ3) is 4.56. The van der Waals surface area contributed by atoms with Crippen LogP contribution in [0.3, 0.4) is 0 Å². The molecule has 0 N–H and O–H groups in total. The van der Waals surface area contributed by atoms with Crippen LogP contribution in [0.2, 0.25) is 0 Å². The molecular formula is C34H40. The average molecular weight is 449 g/mol. The Balaban J connectivity index is 1.88. The van der Waals surface area contributed by atoms with E-state index in [9.17, 15) is 0 Å². The van der Waals surface area contributed by atoms with Gasteiger partial charge < -0.3 is 0 Å². The van der Waals surface area contributed by atoms with Crippen molar-refractivity contribution >= 4 is 10.8 Å². The molecule has 4 aromatic carbocycles. The third-order valence-electron chi connectivity index (χ3n) is 7.21. The molecule has 0 saturated heterocycles. The van der Waals surface area contributed by atoms with Gasteiger partial charge in [0.15, 0.2) is 0 Å². The Kier molecular flexibility index (Phi) is 6.99. The van der Waals surface area contributed by atoms with E-state index < -0.39 is 0 Å². The first-order valence-electron chi connectivity index (χ1n) is 13.0. The van der Waals surface area contributed by atoms with E-state index in [2.05, 4.69) is 128 Å². The molecule has 0 nitrogen and oxygen atoms in total. The van der Waals surface area contributed by atoms with E-state index in [1.165, 1.54) is 55.3 Å². The predicted octanol–water partition coefficient (Wildman–Crippen LogP) is 10.7. The first kappa shape index (κ1) is 24.3. The van der Waals surface area contributed by atoms with E-state index >= 15 is 0 Å². The molecule has 0 bridgehead atoms. The fourth-order valence-electron chi connectivity index (χ4n) is 5.31. The van der Waals surface area contributed by atoms with Gasteiger partial charge >= 0.3 is 0 Å². The largest absolute Gasteiger partial charge is 0.0616 e. The molecule has 0 spiro atoms. The highest BCUT2D eigenvalue weighted by atomic mass is 14.2. The van der Waals surface area contributed by atoms with Gasteiger partial charge in [0.1, 0.15) is 0 Å². The van der Waals surface area contributed by atoms with Gasteiger partial charge in [0.25, 0.3) is 0 Å². The molecule has 0 aliphatic carbocycles. The zero-order valence-corrected chi connectivity index (χ0v) is 22.2. The lowest BCUT2D eigenvalue weighted by molar-refractivity contribution is 0.790. The van der Waals surface area contributed by atoms with Crippen LogP contribution in [0.25, 0.3) is 33.0 Å². The summed E-state index contributed by atoms with van der Waals surface area (Å²) in [4.78, 5) is 0. The van der Waals surface area contributed by atoms with E-state index in [1.807, 2.05) is 0 Å². The molecule has 0 amide bonds. The average Bonchev–Trinajstić information content (AvgIpc) is 2.82. The minimum atomic E-state index is 0.443. The predicted molar refractivity (Wildman–Crippen MR) is 151 cm³/mol. The van der Waals surface area contributed by atoms with Crippen LogP contribution < -0.4 is 0 Å². The van der Waals surface area contributed by atoms with Gasteiger partial charge in [-0.2, -0.15) is 0 Å². The second kappa shape index (κ2) is 9.79. The van der Waals surface area contributed by atoms with E-state index in [0.717, 1.165) is 0 Å². The minimum absolute atomic E-state index is 0.443. The molecule has 0 aliphatic rings. The SMILES string of the molecule is CC(C)c1cc(-c2ccc(C(C)C)c(C(C)C)c2)ccc1-c1ccc(C(C)C)c2ccccc12. The number of hydrogen-bond donors (Lipinski definition) is 0. The number of fused-ring (bicyclic) bond motifs is 1. The molecule has 0 heterocycles. The maximum absolute atomic E-state index is 2.43. The summed E-state index contributed by atoms with van der Waals surface area (Å²) < 4.78 is 0. The van der Waals surface area contributed by atoms with Crippen molar-refractivity contribution in [3.05, 3.63) is 95.1 Å². The minimum Gasteiger partial charge on any atom is -0.0616 e. The van der Waals surface area contributed by atoms with Crippen molar-refractivity contribution < 1.29 is 0 Å². The highest BCUT2D eigenvalue weighted by Gasteiger charge is 2.16. The maximum Gasteiger partial charge on any atom is -0.0102 e. The molecule has 0 radical (unpaired) electrons. The highest BCUT2D eigenvalue weighted by Crippen LogP contribution is 2.39. The van der Waals surface area contributed by atoms with Crippen molar-refractivity contribution in [1.82, 2.24) is 0 Å². The summed E-state index contributed by atoms with van der Waals surface area (Å²) in [6.07, 6.45) is 0. The van der Waals surface area contributed by atoms with Crippen LogP contribution in [0.15, 0.2) is 72.8 Å². The van der Waals surface area contributed by atoms with Gasteiger partial charge in [0.2, 0.25) is 0 Å². The van der Waals surface area contributed by atoms with Gasteiger partial charge in [0.05, 0.1) is 0 Å². The number of benzene rings is 4. The molecule has 0 atom stereocenters. The lowest BCUT2D eigenvalue weighted by atomic mass is 9.84. The zero-order valence-electron chi connectivity index (χ0n) is 22.2. The van der Waals surface area contributed by atoms with E-state index in [0.29, 0.717) is 23.7 Å². The molecule has 176 valence electrons. The second-order valence-electron chi connectivity index (χ2n) is 11.0. The second-order valence-corrected chi connectivity index (χ2v) is 11.0. The van der Waals surface area contributed by atoms with Gasteiger partial charge in [-0.15, -0.1) is 0 Å². The van der Waals surface area contributed by atoms with Crippen molar-refractivity contribution in [2.24, 2.45) is 0 Å². The third-order valence-corrected chi connectivity index (χ3v) is 7.21. The fraction of sp³-hybridized carbons (Fsp3) is 0.353. The zero-order chi connectivity index (χ0) is 24.6. The summed E-state index contributed by atoms with van der Waals surface area (Å²) in [5.74, 6) is 2.02. The topological polar surface area (TPSA) is 0 Å². The highest BCUT2D eigenvalue weighted by molar-refractivity contribution is 5.99. The Bertz CT molecular complexity index is 1300. The smallest absolute Gasteiger partial charge is 0.0102 e. The Morgan fingerprint density at radius 1 is 0.382 bits per heavy atom. The van der Waals surface area contributed by atoms with Gasteiger partial charge in [-0.25, -0.2) is 0 Å². The Morgan fingerprint density at radius 3 is 1.44 bits per heavy atom. The Morgan fingerprint density at radius 2 is 0.853 bits per heavy atom. The van der Waals surface area contributed by atoms with Crippen LogP contribution in [0.4, 0.5) is 0 Å². The van der Waals surface area contributed by atoms with Gasteiger partial charge in [-0.05, 0) is 79.0 Å². The van der Waals surface area contributed by atoms with Crippen molar-refractivity contribution in [3.8, 4) is 22.3 Å². The molecule has 4 rings (SSSR count). The van der Waals surface area contributed by atoms with Crippen LogP contribution in [-0.2, 0) is 0 Å². The van der Waals surface area contributed by atoms with Crippen LogP contribution in [-0.4, -0.2) is 0 Å². The van der Waals surface area contributed by atoms with E-state index in [4.69, 9.17) is 0 Å². The molecular weight excluding hydrogens is 408 g/mol. The summed E-state index contributed by atoms with van der Waals surface area (Å²) in [5, 5.41) is 2.73. The summed E-state index contributed by atoms with van der Waals surface area (Å²) >= 11 is 0. The van der Waals surface area contributed by atoms with Crippen LogP contribution in [0.5, 0.6) is 0 Å². The monoisotopic (exact) mass is 448 g/mol. The van der Waals surface area contributed by atoms with Crippen molar-refractivity contribution in [2.45, 2.75) is 79.1 Å². The van der Waals surface area contributed by atoms with Crippen LogP contribution >= 0.6 is 0 Å². The standard InChI is InChI=1S/C34H40/c1-21(2)27-17-18-31(30-12-10-9-11-29(27)30)32-16-14-26(20-34(32)24(7)8)25-13-15-28(22(3)4)33(19-25)23(5)6/h9-24H,1-8H3. The molecule has 0 heteroatoms. The Hall–Kier alpha value is -2.86. The molecule has 4 aromatic rings. The van der Waals surface area contributed by atoms with E-state index in [1.54, 1.807) is 0 Å². The van der Waals surface area contributed by atoms with Crippen molar-refractivity contribution in [2.75, 3.05) is 0 Å². The normalized spacial score (nSPS) is 12.0. The summed E-state index contributed by atoms with van der Waals surface area (Å²) in [6.45, 7) is 18.4. The van der Waals surface area contributed by atoms with Crippen molar-refractivity contribution in [3.63, 3.8) is 0 Å². The first-order chi connectivity index (χ1) is 16.2. The lowest BCUT2D eigenvalue weighted by Gasteiger charge is -2.20. The number of hydrogen-bond acceptors (Lipinski definition) is 0. The maximum atomic E-state index is 2.43. The molecule has 0 aliphatic heterocycles. The molecule has 0 unspecified atom stereocenters. The molecule has 34 heavy (non-hydrogen) atoms. The number of rotatable bonds is 6. The molecule has 0 aromatic heterocycles. The van der Waals surface area contributed by atoms with Crippen LogP contribution in [0.1, 0.15) is 101 Å². The van der Waals surface area contributed by atoms with Gasteiger partial charge in [-0.3, -0.25) is 0 Å². The Labute approximate surface area is 207 Å². The van der Waals surface area contributed by atoms with Crippen LogP contribution in [0, 0.1) is 0 Å². The molecule has 0 fully saturated rings. The quantitative estimate of drug-likeness (QED) is 0.275. The summed E-state index contributed by atoms with van der Waals surface area (Å²) in [5.41, 5.74) is 11.1. The summed E-state index contributed by atoms with van der Waals surface area (Å²) in [6, 6.07) is 27.8. The van der Waals surface area contributed by atoms with Crippen molar-refractivity contribution in [1.29, 1.82) is 0 Å². The first-order valence-corrected chi connectivity index (χ1v) is 13.0. The van der Waals surface area contributed by atoms with E-state index in [-0.39, 0.29) is 0 Å². The lowest BCUT2D eigenvalue weighted by Crippen LogP contribution is -2.00. The summed E-state index contributed by atoms with van der Waals surface area (Å²) in [7, 11) is 0. The van der Waals surface area contributed by atoms with Gasteiger partial charge in [0, 0.05) is 0 Å². The van der Waals surface area contributed by atoms with Gasteiger partial charge in [-0.1, -0.05) is 128 Å². The molecule has 0 saturated carbocycles.